The van der Waals surface area contributed by atoms with Crippen molar-refractivity contribution in [2.24, 2.45) is 0 Å². The van der Waals surface area contributed by atoms with Crippen LogP contribution in [0.15, 0.2) is 35.1 Å². The van der Waals surface area contributed by atoms with E-state index in [0.29, 0.717) is 18.1 Å². The zero-order chi connectivity index (χ0) is 16.7. The number of aryl methyl sites for hydroxylation is 1. The van der Waals surface area contributed by atoms with Crippen LogP contribution in [-0.4, -0.2) is 36.1 Å². The van der Waals surface area contributed by atoms with E-state index in [0.717, 1.165) is 23.0 Å². The molecule has 0 aliphatic carbocycles. The Morgan fingerprint density at radius 3 is 2.78 bits per heavy atom. The molecular weight excluding hydrogens is 360 g/mol. The Kier molecular flexibility index (Phi) is 6.49. The average molecular weight is 379 g/mol. The van der Waals surface area contributed by atoms with Gasteiger partial charge in [-0.2, -0.15) is 0 Å². The van der Waals surface area contributed by atoms with Gasteiger partial charge in [0.1, 0.15) is 11.5 Å². The van der Waals surface area contributed by atoms with Crippen molar-refractivity contribution in [3.05, 3.63) is 46.3 Å². The number of nitrogens with one attached hydrogen (secondary N) is 2. The van der Waals surface area contributed by atoms with E-state index in [1.807, 2.05) is 25.1 Å². The third kappa shape index (κ3) is 5.30. The second-order valence-electron chi connectivity index (χ2n) is 4.98. The highest BCUT2D eigenvalue weighted by Gasteiger charge is 2.09. The molecule has 0 spiro atoms. The van der Waals surface area contributed by atoms with Crippen molar-refractivity contribution in [3.63, 3.8) is 0 Å². The molecule has 122 valence electrons. The molecule has 7 heteroatoms. The van der Waals surface area contributed by atoms with Crippen LogP contribution in [0.2, 0.25) is 0 Å². The van der Waals surface area contributed by atoms with Gasteiger partial charge in [0.15, 0.2) is 0 Å². The Hall–Kier alpha value is -1.99. The zero-order valence-electron chi connectivity index (χ0n) is 13.1. The first-order valence-corrected chi connectivity index (χ1v) is 8.02. The van der Waals surface area contributed by atoms with Crippen LogP contribution in [0.4, 0.5) is 11.5 Å². The van der Waals surface area contributed by atoms with Gasteiger partial charge in [-0.15, -0.1) is 0 Å². The minimum atomic E-state index is -0.292. The van der Waals surface area contributed by atoms with Crippen molar-refractivity contribution < 1.29 is 9.53 Å². The van der Waals surface area contributed by atoms with Crippen LogP contribution < -0.4 is 10.6 Å². The lowest BCUT2D eigenvalue weighted by molar-refractivity contribution is 0.102. The Bertz CT molecular complexity index is 662. The first-order valence-electron chi connectivity index (χ1n) is 7.22. The van der Waals surface area contributed by atoms with E-state index in [2.05, 4.69) is 36.5 Å². The number of carbonyl (C=O) groups excluding carboxylic acids is 1. The third-order valence-corrected chi connectivity index (χ3v) is 4.00. The number of rotatable bonds is 7. The van der Waals surface area contributed by atoms with E-state index in [-0.39, 0.29) is 11.6 Å². The molecular formula is C16H19BrN4O2. The van der Waals surface area contributed by atoms with Crippen LogP contribution in [0.5, 0.6) is 0 Å². The summed E-state index contributed by atoms with van der Waals surface area (Å²) in [7, 11) is 1.67. The highest BCUT2D eigenvalue weighted by atomic mass is 79.9. The lowest BCUT2D eigenvalue weighted by Crippen LogP contribution is -2.15. The quantitative estimate of drug-likeness (QED) is 0.723. The third-order valence-electron chi connectivity index (χ3n) is 3.15. The number of nitrogens with zero attached hydrogens (tertiary/aromatic N) is 2. The summed E-state index contributed by atoms with van der Waals surface area (Å²) in [5.41, 5.74) is 2.08. The summed E-state index contributed by atoms with van der Waals surface area (Å²) >= 11 is 3.44. The van der Waals surface area contributed by atoms with Gasteiger partial charge in [-0.1, -0.05) is 22.0 Å². The van der Waals surface area contributed by atoms with Gasteiger partial charge in [0, 0.05) is 30.4 Å². The molecule has 1 amide bonds. The van der Waals surface area contributed by atoms with Crippen molar-refractivity contribution >= 4 is 33.3 Å². The fourth-order valence-electron chi connectivity index (χ4n) is 1.84. The van der Waals surface area contributed by atoms with Crippen LogP contribution >= 0.6 is 15.9 Å². The van der Waals surface area contributed by atoms with Gasteiger partial charge in [0.25, 0.3) is 5.91 Å². The van der Waals surface area contributed by atoms with Crippen LogP contribution in [0.3, 0.4) is 0 Å². The lowest BCUT2D eigenvalue weighted by atomic mass is 10.2. The molecule has 0 saturated carbocycles. The summed E-state index contributed by atoms with van der Waals surface area (Å²) in [5, 5.41) is 5.91. The average Bonchev–Trinajstić information content (AvgIpc) is 2.55. The minimum Gasteiger partial charge on any atom is -0.385 e. The van der Waals surface area contributed by atoms with E-state index in [1.165, 1.54) is 6.20 Å². The summed E-state index contributed by atoms with van der Waals surface area (Å²) in [5.74, 6) is 0.343. The van der Waals surface area contributed by atoms with E-state index >= 15 is 0 Å². The fraction of sp³-hybridized carbons (Fsp3) is 0.312. The normalized spacial score (nSPS) is 10.4. The molecule has 0 atom stereocenters. The lowest BCUT2D eigenvalue weighted by Gasteiger charge is -2.08. The molecule has 0 radical (unpaired) electrons. The molecule has 0 bridgehead atoms. The van der Waals surface area contributed by atoms with Gasteiger partial charge >= 0.3 is 0 Å². The van der Waals surface area contributed by atoms with Crippen molar-refractivity contribution in [1.29, 1.82) is 0 Å². The van der Waals surface area contributed by atoms with Gasteiger partial charge in [-0.05, 0) is 31.0 Å². The highest BCUT2D eigenvalue weighted by Crippen LogP contribution is 2.20. The SMILES string of the molecule is COCCCNc1cnc(C(=O)Nc2ccc(C)c(Br)c2)cn1. The number of aromatic nitrogens is 2. The smallest absolute Gasteiger partial charge is 0.275 e. The van der Waals surface area contributed by atoms with Crippen molar-refractivity contribution in [3.8, 4) is 0 Å². The number of anilines is 2. The minimum absolute atomic E-state index is 0.268. The summed E-state index contributed by atoms with van der Waals surface area (Å²) in [6, 6.07) is 5.63. The number of hydrogen-bond acceptors (Lipinski definition) is 5. The van der Waals surface area contributed by atoms with E-state index in [4.69, 9.17) is 4.74 Å². The number of methoxy groups -OCH3 is 1. The number of ether oxygens (including phenoxy) is 1. The maximum Gasteiger partial charge on any atom is 0.275 e. The molecule has 1 heterocycles. The molecule has 2 rings (SSSR count). The maximum absolute atomic E-state index is 12.2. The predicted molar refractivity (Wildman–Crippen MR) is 93.8 cm³/mol. The van der Waals surface area contributed by atoms with Crippen molar-refractivity contribution in [2.75, 3.05) is 30.9 Å². The van der Waals surface area contributed by atoms with E-state index in [9.17, 15) is 4.79 Å². The predicted octanol–water partition coefficient (Wildman–Crippen LogP) is 3.25. The van der Waals surface area contributed by atoms with E-state index < -0.39 is 0 Å². The second-order valence-corrected chi connectivity index (χ2v) is 5.83. The number of carbonyl (C=O) groups is 1. The van der Waals surface area contributed by atoms with Gasteiger partial charge in [0.2, 0.25) is 0 Å². The standard InChI is InChI=1S/C16H19BrN4O2/c1-11-4-5-12(8-13(11)17)21-16(22)14-9-20-15(10-19-14)18-6-3-7-23-2/h4-5,8-10H,3,6-7H2,1-2H3,(H,18,20)(H,21,22). The summed E-state index contributed by atoms with van der Waals surface area (Å²) in [6.07, 6.45) is 3.88. The van der Waals surface area contributed by atoms with Crippen LogP contribution in [0.25, 0.3) is 0 Å². The molecule has 0 fully saturated rings. The van der Waals surface area contributed by atoms with Crippen molar-refractivity contribution in [2.45, 2.75) is 13.3 Å². The zero-order valence-corrected chi connectivity index (χ0v) is 14.7. The summed E-state index contributed by atoms with van der Waals surface area (Å²) < 4.78 is 5.91. The highest BCUT2D eigenvalue weighted by molar-refractivity contribution is 9.10. The fourth-order valence-corrected chi connectivity index (χ4v) is 2.21. The molecule has 0 unspecified atom stereocenters. The molecule has 1 aromatic carbocycles. The van der Waals surface area contributed by atoms with Crippen LogP contribution in [0.1, 0.15) is 22.5 Å². The number of benzene rings is 1. The Labute approximate surface area is 143 Å². The Morgan fingerprint density at radius 1 is 1.30 bits per heavy atom. The molecule has 0 aliphatic rings. The molecule has 6 nitrogen and oxygen atoms in total. The molecule has 23 heavy (non-hydrogen) atoms. The summed E-state index contributed by atoms with van der Waals surface area (Å²) in [6.45, 7) is 3.41. The molecule has 2 aromatic rings. The van der Waals surface area contributed by atoms with Gasteiger partial charge in [0.05, 0.1) is 12.4 Å². The van der Waals surface area contributed by atoms with E-state index in [1.54, 1.807) is 13.3 Å². The van der Waals surface area contributed by atoms with Crippen LogP contribution in [-0.2, 0) is 4.74 Å². The molecule has 2 N–H and O–H groups in total. The Morgan fingerprint density at radius 2 is 2.13 bits per heavy atom. The number of amides is 1. The monoisotopic (exact) mass is 378 g/mol. The largest absolute Gasteiger partial charge is 0.385 e. The molecule has 0 saturated heterocycles. The number of hydrogen-bond donors (Lipinski definition) is 2. The molecule has 1 aromatic heterocycles. The molecule has 0 aliphatic heterocycles. The van der Waals surface area contributed by atoms with Gasteiger partial charge in [-0.25, -0.2) is 9.97 Å². The van der Waals surface area contributed by atoms with Crippen LogP contribution in [0, 0.1) is 6.92 Å². The topological polar surface area (TPSA) is 76.1 Å². The maximum atomic E-state index is 12.2. The Balaban J connectivity index is 1.93. The van der Waals surface area contributed by atoms with Gasteiger partial charge in [-0.3, -0.25) is 4.79 Å². The summed E-state index contributed by atoms with van der Waals surface area (Å²) in [4.78, 5) is 20.5. The number of halogens is 1. The first kappa shape index (κ1) is 17.4. The van der Waals surface area contributed by atoms with Gasteiger partial charge < -0.3 is 15.4 Å². The second kappa shape index (κ2) is 8.59. The van der Waals surface area contributed by atoms with Crippen molar-refractivity contribution in [1.82, 2.24) is 9.97 Å². The first-order chi connectivity index (χ1) is 11.1.